The third-order valence-electron chi connectivity index (χ3n) is 4.76. The number of nitrogens with zero attached hydrogens (tertiary/aromatic N) is 1. The van der Waals surface area contributed by atoms with E-state index >= 15 is 0 Å². The molecule has 0 unspecified atom stereocenters. The summed E-state index contributed by atoms with van der Waals surface area (Å²) in [7, 11) is -3.85. The summed E-state index contributed by atoms with van der Waals surface area (Å²) in [6.45, 7) is 1.77. The molecule has 0 aliphatic carbocycles. The Kier molecular flexibility index (Phi) is 4.98. The summed E-state index contributed by atoms with van der Waals surface area (Å²) in [6.07, 6.45) is -0.983. The molecule has 1 aliphatic heterocycles. The van der Waals surface area contributed by atoms with Crippen molar-refractivity contribution in [1.82, 2.24) is 0 Å². The van der Waals surface area contributed by atoms with E-state index in [9.17, 15) is 13.2 Å². The van der Waals surface area contributed by atoms with E-state index in [0.29, 0.717) is 17.1 Å². The third-order valence-corrected chi connectivity index (χ3v) is 6.56. The van der Waals surface area contributed by atoms with Gasteiger partial charge in [0.25, 0.3) is 15.9 Å². The van der Waals surface area contributed by atoms with Gasteiger partial charge in [-0.2, -0.15) is 0 Å². The van der Waals surface area contributed by atoms with E-state index in [1.165, 1.54) is 16.4 Å². The van der Waals surface area contributed by atoms with Crippen LogP contribution in [-0.2, 0) is 14.8 Å². The molecule has 1 N–H and O–H groups in total. The molecule has 0 spiro atoms. The van der Waals surface area contributed by atoms with Crippen LogP contribution in [0.2, 0.25) is 0 Å². The lowest BCUT2D eigenvalue weighted by molar-refractivity contribution is -0.122. The summed E-state index contributed by atoms with van der Waals surface area (Å²) in [6, 6.07) is 22.4. The summed E-state index contributed by atoms with van der Waals surface area (Å²) in [4.78, 5) is 13.0. The average molecular weight is 408 g/mol. The van der Waals surface area contributed by atoms with Gasteiger partial charge in [0.15, 0.2) is 6.10 Å². The molecule has 3 aromatic rings. The number of hydrogen-bond acceptors (Lipinski definition) is 4. The zero-order chi connectivity index (χ0) is 20.4. The van der Waals surface area contributed by atoms with E-state index in [0.717, 1.165) is 5.56 Å². The molecule has 3 aromatic carbocycles. The Hall–Kier alpha value is -3.32. The van der Waals surface area contributed by atoms with Crippen LogP contribution in [-0.4, -0.2) is 27.0 Å². The van der Waals surface area contributed by atoms with Crippen LogP contribution in [0.1, 0.15) is 5.56 Å². The van der Waals surface area contributed by atoms with Gasteiger partial charge < -0.3 is 10.1 Å². The maximum Gasteiger partial charge on any atom is 0.267 e. The molecule has 148 valence electrons. The van der Waals surface area contributed by atoms with Crippen LogP contribution >= 0.6 is 0 Å². The van der Waals surface area contributed by atoms with Crippen LogP contribution in [0.25, 0.3) is 0 Å². The van der Waals surface area contributed by atoms with E-state index in [2.05, 4.69) is 5.32 Å². The van der Waals surface area contributed by atoms with Gasteiger partial charge in [-0.15, -0.1) is 0 Å². The number of hydrogen-bond donors (Lipinski definition) is 1. The second-order valence-electron chi connectivity index (χ2n) is 6.73. The Bertz CT molecular complexity index is 1150. The lowest BCUT2D eigenvalue weighted by Gasteiger charge is -2.34. The Labute approximate surface area is 169 Å². The fraction of sp³-hybridized carbons (Fsp3) is 0.136. The number of ether oxygens (including phenoxy) is 1. The summed E-state index contributed by atoms with van der Waals surface area (Å²) < 4.78 is 33.6. The van der Waals surface area contributed by atoms with Gasteiger partial charge >= 0.3 is 0 Å². The number of amides is 1. The molecule has 1 aliphatic rings. The largest absolute Gasteiger partial charge is 0.476 e. The van der Waals surface area contributed by atoms with Crippen molar-refractivity contribution in [2.75, 3.05) is 16.2 Å². The minimum absolute atomic E-state index is 0.119. The summed E-state index contributed by atoms with van der Waals surface area (Å²) in [5, 5.41) is 2.84. The van der Waals surface area contributed by atoms with Crippen LogP contribution in [0.3, 0.4) is 0 Å². The third kappa shape index (κ3) is 3.69. The molecular weight excluding hydrogens is 388 g/mol. The smallest absolute Gasteiger partial charge is 0.267 e. The Morgan fingerprint density at radius 2 is 1.62 bits per heavy atom. The lowest BCUT2D eigenvalue weighted by atomic mass is 10.2. The van der Waals surface area contributed by atoms with E-state index in [4.69, 9.17) is 4.74 Å². The number of benzene rings is 3. The number of carbonyl (C=O) groups is 1. The fourth-order valence-corrected chi connectivity index (χ4v) is 4.71. The van der Waals surface area contributed by atoms with Crippen molar-refractivity contribution in [1.29, 1.82) is 0 Å². The predicted octanol–water partition coefficient (Wildman–Crippen LogP) is 3.59. The Morgan fingerprint density at radius 1 is 0.966 bits per heavy atom. The predicted molar refractivity (Wildman–Crippen MR) is 112 cm³/mol. The molecule has 29 heavy (non-hydrogen) atoms. The highest BCUT2D eigenvalue weighted by Gasteiger charge is 2.37. The van der Waals surface area contributed by atoms with Gasteiger partial charge in [0, 0.05) is 5.69 Å². The first-order chi connectivity index (χ1) is 14.0. The molecule has 4 rings (SSSR count). The van der Waals surface area contributed by atoms with Gasteiger partial charge in [0.1, 0.15) is 5.75 Å². The van der Waals surface area contributed by atoms with Crippen LogP contribution in [0.4, 0.5) is 11.4 Å². The number of carbonyl (C=O) groups excluding carboxylic acids is 1. The van der Waals surface area contributed by atoms with Crippen LogP contribution in [0.15, 0.2) is 83.8 Å². The molecule has 1 heterocycles. The monoisotopic (exact) mass is 408 g/mol. The highest BCUT2D eigenvalue weighted by atomic mass is 32.2. The van der Waals surface area contributed by atoms with E-state index in [-0.39, 0.29) is 11.4 Å². The molecule has 0 aromatic heterocycles. The van der Waals surface area contributed by atoms with E-state index in [1.807, 2.05) is 25.1 Å². The minimum atomic E-state index is -3.85. The maximum absolute atomic E-state index is 13.3. The van der Waals surface area contributed by atoms with Gasteiger partial charge in [-0.1, -0.05) is 48.5 Å². The van der Waals surface area contributed by atoms with Gasteiger partial charge in [-0.3, -0.25) is 9.10 Å². The number of anilines is 2. The standard InChI is InChI=1S/C22H20N2O4S/c1-16-9-5-6-12-18(16)23-22(25)21-15-24(19-13-7-8-14-20(19)28-21)29(26,27)17-10-3-2-4-11-17/h2-14,21H,15H2,1H3,(H,23,25)/t21-/m1/s1. The topological polar surface area (TPSA) is 75.7 Å². The number of fused-ring (bicyclic) bond motifs is 1. The SMILES string of the molecule is Cc1ccccc1NC(=O)[C@H]1CN(S(=O)(=O)c2ccccc2)c2ccccc2O1. The first kappa shape index (κ1) is 19.0. The highest BCUT2D eigenvalue weighted by Crippen LogP contribution is 2.37. The number of aryl methyl sites for hydroxylation is 1. The molecule has 6 nitrogen and oxygen atoms in total. The van der Waals surface area contributed by atoms with Crippen molar-refractivity contribution >= 4 is 27.3 Å². The molecule has 0 fully saturated rings. The number of sulfonamides is 1. The van der Waals surface area contributed by atoms with Gasteiger partial charge in [-0.05, 0) is 42.8 Å². The van der Waals surface area contributed by atoms with Crippen molar-refractivity contribution < 1.29 is 17.9 Å². The zero-order valence-corrected chi connectivity index (χ0v) is 16.6. The molecule has 1 amide bonds. The van der Waals surface area contributed by atoms with Crippen LogP contribution in [0.5, 0.6) is 5.75 Å². The fourth-order valence-electron chi connectivity index (χ4n) is 3.21. The molecule has 0 radical (unpaired) electrons. The van der Waals surface area contributed by atoms with Crippen molar-refractivity contribution in [3.05, 3.63) is 84.4 Å². The van der Waals surface area contributed by atoms with Gasteiger partial charge in [0.2, 0.25) is 0 Å². The summed E-state index contributed by atoms with van der Waals surface area (Å²) >= 11 is 0. The average Bonchev–Trinajstić information content (AvgIpc) is 2.75. The van der Waals surface area contributed by atoms with Crippen molar-refractivity contribution in [3.8, 4) is 5.75 Å². The summed E-state index contributed by atoms with van der Waals surface area (Å²) in [5.74, 6) is -0.0507. The molecule has 7 heteroatoms. The number of nitrogens with one attached hydrogen (secondary N) is 1. The van der Waals surface area contributed by atoms with E-state index in [1.54, 1.807) is 48.5 Å². The van der Waals surface area contributed by atoms with Crippen LogP contribution in [0, 0.1) is 6.92 Å². The highest BCUT2D eigenvalue weighted by molar-refractivity contribution is 7.92. The van der Waals surface area contributed by atoms with Crippen molar-refractivity contribution in [2.45, 2.75) is 17.9 Å². The normalized spacial score (nSPS) is 15.9. The van der Waals surface area contributed by atoms with Crippen molar-refractivity contribution in [2.24, 2.45) is 0 Å². The first-order valence-electron chi connectivity index (χ1n) is 9.17. The first-order valence-corrected chi connectivity index (χ1v) is 10.6. The second kappa shape index (κ2) is 7.60. The quantitative estimate of drug-likeness (QED) is 0.716. The molecule has 0 bridgehead atoms. The zero-order valence-electron chi connectivity index (χ0n) is 15.8. The summed E-state index contributed by atoms with van der Waals surface area (Å²) in [5.41, 5.74) is 1.99. The molecule has 1 atom stereocenters. The number of rotatable bonds is 4. The van der Waals surface area contributed by atoms with Gasteiger partial charge in [-0.25, -0.2) is 8.42 Å². The lowest BCUT2D eigenvalue weighted by Crippen LogP contribution is -2.48. The second-order valence-corrected chi connectivity index (χ2v) is 8.59. The van der Waals surface area contributed by atoms with Crippen molar-refractivity contribution in [3.63, 3.8) is 0 Å². The number of para-hydroxylation sites is 3. The Morgan fingerprint density at radius 3 is 2.38 bits per heavy atom. The Balaban J connectivity index is 1.68. The molecule has 0 saturated carbocycles. The van der Waals surface area contributed by atoms with Gasteiger partial charge in [0.05, 0.1) is 17.1 Å². The van der Waals surface area contributed by atoms with Crippen LogP contribution < -0.4 is 14.4 Å². The molecular formula is C22H20N2O4S. The minimum Gasteiger partial charge on any atom is -0.476 e. The molecule has 0 saturated heterocycles. The maximum atomic E-state index is 13.3. The van der Waals surface area contributed by atoms with E-state index < -0.39 is 22.0 Å².